The fraction of sp³-hybridized carbons (Fsp3) is 0.0769. The van der Waals surface area contributed by atoms with Crippen LogP contribution in [0.1, 0.15) is 5.56 Å². The van der Waals surface area contributed by atoms with E-state index in [2.05, 4.69) is 0 Å². The monoisotopic (exact) mass is 283 g/mol. The highest BCUT2D eigenvalue weighted by molar-refractivity contribution is 6.35. The lowest BCUT2D eigenvalue weighted by Crippen LogP contribution is -1.96. The van der Waals surface area contributed by atoms with Crippen LogP contribution in [0, 0.1) is 0 Å². The van der Waals surface area contributed by atoms with E-state index >= 15 is 0 Å². The second-order valence-corrected chi connectivity index (χ2v) is 4.53. The van der Waals surface area contributed by atoms with E-state index < -0.39 is 0 Å². The molecule has 0 aromatic heterocycles. The largest absolute Gasteiger partial charge is 0.504 e. The number of nitrogens with two attached hydrogens (primary N) is 1. The van der Waals surface area contributed by atoms with Gasteiger partial charge in [0.05, 0.1) is 5.02 Å². The molecule has 18 heavy (non-hydrogen) atoms. The number of halogens is 2. The van der Waals surface area contributed by atoms with Crippen LogP contribution in [-0.2, 0) is 6.54 Å². The highest BCUT2D eigenvalue weighted by Gasteiger charge is 2.08. The van der Waals surface area contributed by atoms with Gasteiger partial charge in [-0.3, -0.25) is 0 Å². The van der Waals surface area contributed by atoms with Crippen LogP contribution < -0.4 is 10.5 Å². The van der Waals surface area contributed by atoms with Gasteiger partial charge in [0.15, 0.2) is 11.5 Å². The van der Waals surface area contributed by atoms with E-state index in [-0.39, 0.29) is 5.75 Å². The number of phenolic OH excluding ortho intramolecular Hbond substituents is 1. The van der Waals surface area contributed by atoms with Gasteiger partial charge in [0.2, 0.25) is 0 Å². The maximum absolute atomic E-state index is 9.78. The first kappa shape index (κ1) is 13.0. The van der Waals surface area contributed by atoms with Gasteiger partial charge in [0, 0.05) is 11.6 Å². The predicted octanol–water partition coefficient (Wildman–Crippen LogP) is 3.95. The average molecular weight is 284 g/mol. The van der Waals surface area contributed by atoms with Crippen molar-refractivity contribution in [1.82, 2.24) is 0 Å². The van der Waals surface area contributed by atoms with E-state index in [1.807, 2.05) is 0 Å². The summed E-state index contributed by atoms with van der Waals surface area (Å²) in [5, 5.41) is 10.7. The SMILES string of the molecule is NCc1ccc(Oc2ccc(Cl)cc2Cl)c(O)c1. The second-order valence-electron chi connectivity index (χ2n) is 3.68. The molecule has 0 radical (unpaired) electrons. The van der Waals surface area contributed by atoms with Gasteiger partial charge in [-0.1, -0.05) is 29.3 Å². The molecule has 0 amide bonds. The topological polar surface area (TPSA) is 55.5 Å². The van der Waals surface area contributed by atoms with Gasteiger partial charge in [-0.05, 0) is 35.9 Å². The van der Waals surface area contributed by atoms with Crippen LogP contribution in [0.2, 0.25) is 10.0 Å². The van der Waals surface area contributed by atoms with Gasteiger partial charge >= 0.3 is 0 Å². The number of benzene rings is 2. The number of hydrogen-bond donors (Lipinski definition) is 2. The minimum absolute atomic E-state index is 0.0176. The first-order valence-corrected chi connectivity index (χ1v) is 6.00. The Morgan fingerprint density at radius 3 is 2.39 bits per heavy atom. The normalized spacial score (nSPS) is 10.4. The molecule has 94 valence electrons. The summed E-state index contributed by atoms with van der Waals surface area (Å²) in [6.07, 6.45) is 0. The average Bonchev–Trinajstić information content (AvgIpc) is 2.34. The Balaban J connectivity index is 2.28. The third-order valence-electron chi connectivity index (χ3n) is 2.37. The van der Waals surface area contributed by atoms with Crippen LogP contribution in [0.3, 0.4) is 0 Å². The van der Waals surface area contributed by atoms with Crippen molar-refractivity contribution >= 4 is 23.2 Å². The van der Waals surface area contributed by atoms with Crippen molar-refractivity contribution < 1.29 is 9.84 Å². The second kappa shape index (κ2) is 5.48. The van der Waals surface area contributed by atoms with Crippen molar-refractivity contribution in [1.29, 1.82) is 0 Å². The number of ether oxygens (including phenoxy) is 1. The van der Waals surface area contributed by atoms with Crippen molar-refractivity contribution in [2.75, 3.05) is 0 Å². The van der Waals surface area contributed by atoms with E-state index in [1.165, 1.54) is 0 Å². The minimum Gasteiger partial charge on any atom is -0.504 e. The highest BCUT2D eigenvalue weighted by Crippen LogP contribution is 2.35. The number of rotatable bonds is 3. The van der Waals surface area contributed by atoms with Crippen molar-refractivity contribution in [3.05, 3.63) is 52.0 Å². The first-order valence-electron chi connectivity index (χ1n) is 5.25. The van der Waals surface area contributed by atoms with Gasteiger partial charge in [-0.25, -0.2) is 0 Å². The van der Waals surface area contributed by atoms with Crippen LogP contribution in [0.25, 0.3) is 0 Å². The summed E-state index contributed by atoms with van der Waals surface area (Å²) in [5.41, 5.74) is 6.30. The molecule has 0 fully saturated rings. The summed E-state index contributed by atoms with van der Waals surface area (Å²) < 4.78 is 5.51. The van der Waals surface area contributed by atoms with Crippen LogP contribution in [0.15, 0.2) is 36.4 Å². The minimum atomic E-state index is 0.0176. The molecule has 2 rings (SSSR count). The molecule has 0 unspecified atom stereocenters. The van der Waals surface area contributed by atoms with Gasteiger partial charge in [0.25, 0.3) is 0 Å². The summed E-state index contributed by atoms with van der Waals surface area (Å²) >= 11 is 11.8. The van der Waals surface area contributed by atoms with Crippen molar-refractivity contribution in [3.8, 4) is 17.2 Å². The molecule has 2 aromatic rings. The lowest BCUT2D eigenvalue weighted by molar-refractivity contribution is 0.411. The van der Waals surface area contributed by atoms with Crippen molar-refractivity contribution in [2.45, 2.75) is 6.54 Å². The lowest BCUT2D eigenvalue weighted by Gasteiger charge is -2.10. The van der Waals surface area contributed by atoms with Gasteiger partial charge in [-0.15, -0.1) is 0 Å². The molecule has 0 heterocycles. The molecule has 5 heteroatoms. The van der Waals surface area contributed by atoms with Crippen molar-refractivity contribution in [2.24, 2.45) is 5.73 Å². The standard InChI is InChI=1S/C13H11Cl2NO2/c14-9-2-4-12(10(15)6-9)18-13-3-1-8(7-16)5-11(13)17/h1-6,17H,7,16H2. The summed E-state index contributed by atoms with van der Waals surface area (Å²) in [6, 6.07) is 9.85. The maximum Gasteiger partial charge on any atom is 0.169 e. The van der Waals surface area contributed by atoms with Crippen LogP contribution in [0.5, 0.6) is 17.2 Å². The molecular weight excluding hydrogens is 273 g/mol. The Bertz CT molecular complexity index is 573. The Kier molecular flexibility index (Phi) is 3.97. The van der Waals surface area contributed by atoms with E-state index in [1.54, 1.807) is 36.4 Å². The zero-order chi connectivity index (χ0) is 13.1. The Hall–Kier alpha value is -1.42. The highest BCUT2D eigenvalue weighted by atomic mass is 35.5. The molecule has 0 aliphatic rings. The van der Waals surface area contributed by atoms with E-state index in [4.69, 9.17) is 33.7 Å². The first-order chi connectivity index (χ1) is 8.60. The van der Waals surface area contributed by atoms with Crippen LogP contribution in [-0.4, -0.2) is 5.11 Å². The molecule has 0 saturated carbocycles. The molecule has 0 spiro atoms. The summed E-state index contributed by atoms with van der Waals surface area (Å²) in [7, 11) is 0. The Morgan fingerprint density at radius 1 is 1.06 bits per heavy atom. The van der Waals surface area contributed by atoms with E-state index in [0.29, 0.717) is 28.1 Å². The number of phenols is 1. The lowest BCUT2D eigenvalue weighted by atomic mass is 10.2. The van der Waals surface area contributed by atoms with Crippen LogP contribution in [0.4, 0.5) is 0 Å². The van der Waals surface area contributed by atoms with Gasteiger partial charge in [0.1, 0.15) is 5.75 Å². The predicted molar refractivity (Wildman–Crippen MR) is 72.5 cm³/mol. The molecule has 3 N–H and O–H groups in total. The number of hydrogen-bond acceptors (Lipinski definition) is 3. The molecule has 0 atom stereocenters. The van der Waals surface area contributed by atoms with E-state index in [0.717, 1.165) is 5.56 Å². The Morgan fingerprint density at radius 2 is 1.78 bits per heavy atom. The fourth-order valence-corrected chi connectivity index (χ4v) is 1.90. The van der Waals surface area contributed by atoms with Crippen molar-refractivity contribution in [3.63, 3.8) is 0 Å². The summed E-state index contributed by atoms with van der Waals surface area (Å²) in [6.45, 7) is 0.357. The molecule has 0 aliphatic heterocycles. The molecule has 0 saturated heterocycles. The summed E-state index contributed by atoms with van der Waals surface area (Å²) in [5.74, 6) is 0.761. The third-order valence-corrected chi connectivity index (χ3v) is 2.90. The smallest absolute Gasteiger partial charge is 0.169 e. The Labute approximate surface area is 115 Å². The zero-order valence-corrected chi connectivity index (χ0v) is 10.9. The third kappa shape index (κ3) is 2.88. The number of aromatic hydroxyl groups is 1. The van der Waals surface area contributed by atoms with E-state index in [9.17, 15) is 5.11 Å². The molecule has 0 bridgehead atoms. The molecular formula is C13H11Cl2NO2. The summed E-state index contributed by atoms with van der Waals surface area (Å²) in [4.78, 5) is 0. The maximum atomic E-state index is 9.78. The van der Waals surface area contributed by atoms with Gasteiger partial charge < -0.3 is 15.6 Å². The molecule has 3 nitrogen and oxygen atoms in total. The zero-order valence-electron chi connectivity index (χ0n) is 9.36. The quantitative estimate of drug-likeness (QED) is 0.897. The molecule has 2 aromatic carbocycles. The van der Waals surface area contributed by atoms with Gasteiger partial charge in [-0.2, -0.15) is 0 Å². The fourth-order valence-electron chi connectivity index (χ4n) is 1.45. The molecule has 0 aliphatic carbocycles. The van der Waals surface area contributed by atoms with Crippen LogP contribution >= 0.6 is 23.2 Å².